The molecule has 2 aromatic rings. The second-order valence-corrected chi connectivity index (χ2v) is 7.40. The summed E-state index contributed by atoms with van der Waals surface area (Å²) in [5, 5.41) is 5.81. The fraction of sp³-hybridized carbons (Fsp3) is 0.300. The molecule has 0 aromatic heterocycles. The lowest BCUT2D eigenvalue weighted by Crippen LogP contribution is -2.41. The predicted octanol–water partition coefficient (Wildman–Crippen LogP) is 4.39. The maximum absolute atomic E-state index is 12.3. The lowest BCUT2D eigenvalue weighted by atomic mass is 9.87. The molecule has 2 amide bonds. The Balaban J connectivity index is 1.98. The molecule has 5 heteroatoms. The summed E-state index contributed by atoms with van der Waals surface area (Å²) in [6.45, 7) is 8.03. The number of hydrogen-bond acceptors (Lipinski definition) is 2. The molecule has 2 aromatic carbocycles. The molecule has 0 aliphatic carbocycles. The summed E-state index contributed by atoms with van der Waals surface area (Å²) < 4.78 is 0. The van der Waals surface area contributed by atoms with Crippen molar-refractivity contribution < 1.29 is 9.59 Å². The Labute approximate surface area is 153 Å². The minimum absolute atomic E-state index is 0.0543. The molecule has 0 unspecified atom stereocenters. The Morgan fingerprint density at radius 1 is 1.00 bits per heavy atom. The van der Waals surface area contributed by atoms with E-state index in [1.54, 1.807) is 31.2 Å². The van der Waals surface area contributed by atoms with E-state index in [0.717, 1.165) is 0 Å². The number of benzene rings is 2. The molecule has 0 radical (unpaired) electrons. The third-order valence-electron chi connectivity index (χ3n) is 3.88. The second kappa shape index (κ2) is 7.70. The van der Waals surface area contributed by atoms with Crippen LogP contribution in [0.3, 0.4) is 0 Å². The monoisotopic (exact) mass is 358 g/mol. The van der Waals surface area contributed by atoms with Crippen LogP contribution in [0.1, 0.15) is 43.6 Å². The highest BCUT2D eigenvalue weighted by Crippen LogP contribution is 2.23. The first-order chi connectivity index (χ1) is 11.7. The van der Waals surface area contributed by atoms with Crippen LogP contribution < -0.4 is 10.6 Å². The van der Waals surface area contributed by atoms with Crippen molar-refractivity contribution in [3.63, 3.8) is 0 Å². The molecule has 0 heterocycles. The molecule has 0 fully saturated rings. The van der Waals surface area contributed by atoms with Gasteiger partial charge in [0.05, 0.1) is 10.6 Å². The van der Waals surface area contributed by atoms with Crippen LogP contribution in [-0.4, -0.2) is 17.9 Å². The van der Waals surface area contributed by atoms with Crippen LogP contribution in [0.15, 0.2) is 48.5 Å². The standard InChI is InChI=1S/C20H23ClN2O2/c1-13(22-19(25)16-7-5-6-8-17(16)21)18(24)23-15-11-9-14(10-12-15)20(2,3)4/h5-13H,1-4H3,(H,22,25)(H,23,24)/t13-/m0/s1. The van der Waals surface area contributed by atoms with Crippen molar-refractivity contribution >= 4 is 29.1 Å². The molecular formula is C20H23ClN2O2. The molecule has 4 nitrogen and oxygen atoms in total. The molecule has 0 bridgehead atoms. The molecule has 2 N–H and O–H groups in total. The molecule has 0 aliphatic rings. The zero-order valence-corrected chi connectivity index (χ0v) is 15.6. The van der Waals surface area contributed by atoms with Gasteiger partial charge in [-0.25, -0.2) is 0 Å². The van der Waals surface area contributed by atoms with Gasteiger partial charge in [0.1, 0.15) is 6.04 Å². The summed E-state index contributed by atoms with van der Waals surface area (Å²) in [6, 6.07) is 13.7. The molecule has 25 heavy (non-hydrogen) atoms. The van der Waals surface area contributed by atoms with E-state index in [2.05, 4.69) is 31.4 Å². The van der Waals surface area contributed by atoms with Gasteiger partial charge in [0, 0.05) is 5.69 Å². The summed E-state index contributed by atoms with van der Waals surface area (Å²) in [7, 11) is 0. The third kappa shape index (κ3) is 5.07. The zero-order valence-electron chi connectivity index (χ0n) is 14.9. The van der Waals surface area contributed by atoms with Crippen molar-refractivity contribution in [2.24, 2.45) is 0 Å². The lowest BCUT2D eigenvalue weighted by Gasteiger charge is -2.19. The number of carbonyl (C=O) groups is 2. The van der Waals surface area contributed by atoms with Gasteiger partial charge in [0.15, 0.2) is 0 Å². The number of amides is 2. The first-order valence-electron chi connectivity index (χ1n) is 8.15. The highest BCUT2D eigenvalue weighted by Gasteiger charge is 2.19. The largest absolute Gasteiger partial charge is 0.340 e. The van der Waals surface area contributed by atoms with Crippen LogP contribution in [0.4, 0.5) is 5.69 Å². The van der Waals surface area contributed by atoms with Crippen LogP contribution in [0.5, 0.6) is 0 Å². The van der Waals surface area contributed by atoms with Gasteiger partial charge in [-0.1, -0.05) is 56.6 Å². The van der Waals surface area contributed by atoms with E-state index in [-0.39, 0.29) is 17.2 Å². The molecule has 0 saturated carbocycles. The third-order valence-corrected chi connectivity index (χ3v) is 4.21. The zero-order chi connectivity index (χ0) is 18.6. The van der Waals surface area contributed by atoms with Gasteiger partial charge in [0.2, 0.25) is 5.91 Å². The maximum Gasteiger partial charge on any atom is 0.253 e. The smallest absolute Gasteiger partial charge is 0.253 e. The van der Waals surface area contributed by atoms with Gasteiger partial charge in [-0.05, 0) is 42.2 Å². The molecular weight excluding hydrogens is 336 g/mol. The average Bonchev–Trinajstić information content (AvgIpc) is 2.54. The van der Waals surface area contributed by atoms with Crippen LogP contribution in [0.25, 0.3) is 0 Å². The van der Waals surface area contributed by atoms with E-state index < -0.39 is 6.04 Å². The number of nitrogens with one attached hydrogen (secondary N) is 2. The Morgan fingerprint density at radius 2 is 1.60 bits per heavy atom. The first kappa shape index (κ1) is 19.0. The van der Waals surface area contributed by atoms with Crippen LogP contribution >= 0.6 is 11.6 Å². The van der Waals surface area contributed by atoms with Gasteiger partial charge < -0.3 is 10.6 Å². The van der Waals surface area contributed by atoms with E-state index in [1.165, 1.54) is 5.56 Å². The SMILES string of the molecule is C[C@H](NC(=O)c1ccccc1Cl)C(=O)Nc1ccc(C(C)(C)C)cc1. The van der Waals surface area contributed by atoms with Gasteiger partial charge in [-0.2, -0.15) is 0 Å². The summed E-state index contributed by atoms with van der Waals surface area (Å²) in [6.07, 6.45) is 0. The quantitative estimate of drug-likeness (QED) is 0.851. The minimum Gasteiger partial charge on any atom is -0.340 e. The predicted molar refractivity (Wildman–Crippen MR) is 102 cm³/mol. The number of carbonyl (C=O) groups excluding carboxylic acids is 2. The van der Waals surface area contributed by atoms with Crippen molar-refractivity contribution in [2.75, 3.05) is 5.32 Å². The van der Waals surface area contributed by atoms with E-state index in [0.29, 0.717) is 16.3 Å². The number of halogens is 1. The van der Waals surface area contributed by atoms with Gasteiger partial charge in [-0.3, -0.25) is 9.59 Å². The number of anilines is 1. The normalized spacial score (nSPS) is 12.4. The van der Waals surface area contributed by atoms with Crippen LogP contribution in [0.2, 0.25) is 5.02 Å². The second-order valence-electron chi connectivity index (χ2n) is 6.99. The highest BCUT2D eigenvalue weighted by atomic mass is 35.5. The molecule has 1 atom stereocenters. The highest BCUT2D eigenvalue weighted by molar-refractivity contribution is 6.33. The van der Waals surface area contributed by atoms with E-state index in [4.69, 9.17) is 11.6 Å². The van der Waals surface area contributed by atoms with Gasteiger partial charge in [-0.15, -0.1) is 0 Å². The van der Waals surface area contributed by atoms with Crippen molar-refractivity contribution in [3.05, 3.63) is 64.7 Å². The van der Waals surface area contributed by atoms with Crippen molar-refractivity contribution in [2.45, 2.75) is 39.2 Å². The Bertz CT molecular complexity index is 764. The lowest BCUT2D eigenvalue weighted by molar-refractivity contribution is -0.117. The fourth-order valence-electron chi connectivity index (χ4n) is 2.29. The van der Waals surface area contributed by atoms with Crippen molar-refractivity contribution in [1.82, 2.24) is 5.32 Å². The summed E-state index contributed by atoms with van der Waals surface area (Å²) >= 11 is 6.00. The van der Waals surface area contributed by atoms with Gasteiger partial charge in [0.25, 0.3) is 5.91 Å². The summed E-state index contributed by atoms with van der Waals surface area (Å²) in [5.74, 6) is -0.666. The van der Waals surface area contributed by atoms with Crippen LogP contribution in [0, 0.1) is 0 Å². The minimum atomic E-state index is -0.689. The van der Waals surface area contributed by atoms with E-state index in [1.807, 2.05) is 24.3 Å². The summed E-state index contributed by atoms with van der Waals surface area (Å²) in [4.78, 5) is 24.5. The van der Waals surface area contributed by atoms with Crippen LogP contribution in [-0.2, 0) is 10.2 Å². The molecule has 132 valence electrons. The fourth-order valence-corrected chi connectivity index (χ4v) is 2.51. The maximum atomic E-state index is 12.3. The Hall–Kier alpha value is -2.33. The molecule has 2 rings (SSSR count). The Morgan fingerprint density at radius 3 is 2.16 bits per heavy atom. The summed E-state index contributed by atoms with van der Waals surface area (Å²) in [5.41, 5.74) is 2.28. The number of hydrogen-bond donors (Lipinski definition) is 2. The first-order valence-corrected chi connectivity index (χ1v) is 8.53. The van der Waals surface area contributed by atoms with E-state index >= 15 is 0 Å². The molecule has 0 spiro atoms. The van der Waals surface area contributed by atoms with Crippen molar-refractivity contribution in [3.8, 4) is 0 Å². The molecule has 0 aliphatic heterocycles. The van der Waals surface area contributed by atoms with Crippen molar-refractivity contribution in [1.29, 1.82) is 0 Å². The van der Waals surface area contributed by atoms with Gasteiger partial charge >= 0.3 is 0 Å². The van der Waals surface area contributed by atoms with E-state index in [9.17, 15) is 9.59 Å². The molecule has 0 saturated heterocycles. The topological polar surface area (TPSA) is 58.2 Å². The number of rotatable bonds is 4. The average molecular weight is 359 g/mol. The Kier molecular flexibility index (Phi) is 5.85.